The van der Waals surface area contributed by atoms with Gasteiger partial charge in [0.2, 0.25) is 0 Å². The Kier molecular flexibility index (Phi) is 2.96. The fourth-order valence-corrected chi connectivity index (χ4v) is 2.63. The van der Waals surface area contributed by atoms with Gasteiger partial charge in [0.25, 0.3) is 0 Å². The quantitative estimate of drug-likeness (QED) is 0.835. The first kappa shape index (κ1) is 11.5. The van der Waals surface area contributed by atoms with Crippen molar-refractivity contribution in [2.24, 2.45) is 4.99 Å². The van der Waals surface area contributed by atoms with Gasteiger partial charge in [-0.05, 0) is 30.5 Å². The number of rotatable bonds is 2. The number of benzene rings is 1. The molecule has 2 N–H and O–H groups in total. The molecule has 3 unspecified atom stereocenters. The second-order valence-corrected chi connectivity index (χ2v) is 5.06. The van der Waals surface area contributed by atoms with Crippen LogP contribution in [0.2, 0.25) is 0 Å². The minimum Gasteiger partial charge on any atom is -0.508 e. The van der Waals surface area contributed by atoms with E-state index < -0.39 is 0 Å². The molecule has 1 fully saturated rings. The summed E-state index contributed by atoms with van der Waals surface area (Å²) in [5.41, 5.74) is 1.07. The lowest BCUT2D eigenvalue weighted by molar-refractivity contribution is 0.0497. The molecule has 3 atom stereocenters. The lowest BCUT2D eigenvalue weighted by Gasteiger charge is -2.26. The predicted octanol–water partition coefficient (Wildman–Crippen LogP) is 1.65. The number of phenolic OH excluding ortho intramolecular Hbond substituents is 1. The van der Waals surface area contributed by atoms with Crippen molar-refractivity contribution in [3.8, 4) is 5.75 Å². The SMILES string of the molecule is Oc1ccc(CC2=NC3CCC(O)CC3O2)cc1. The zero-order chi connectivity index (χ0) is 12.5. The van der Waals surface area contributed by atoms with Crippen LogP contribution in [0.5, 0.6) is 5.75 Å². The smallest absolute Gasteiger partial charge is 0.188 e. The van der Waals surface area contributed by atoms with Gasteiger partial charge >= 0.3 is 0 Å². The Hall–Kier alpha value is -1.55. The van der Waals surface area contributed by atoms with Crippen molar-refractivity contribution >= 4 is 5.90 Å². The minimum absolute atomic E-state index is 0.0564. The molecule has 3 rings (SSSR count). The number of ether oxygens (including phenoxy) is 1. The molecule has 0 spiro atoms. The summed E-state index contributed by atoms with van der Waals surface area (Å²) >= 11 is 0. The van der Waals surface area contributed by atoms with Crippen molar-refractivity contribution in [2.45, 2.75) is 43.9 Å². The highest BCUT2D eigenvalue weighted by Crippen LogP contribution is 2.29. The van der Waals surface area contributed by atoms with Crippen LogP contribution < -0.4 is 0 Å². The van der Waals surface area contributed by atoms with Gasteiger partial charge in [-0.15, -0.1) is 0 Å². The first-order valence-electron chi connectivity index (χ1n) is 6.40. The van der Waals surface area contributed by atoms with Gasteiger partial charge in [-0.25, -0.2) is 4.99 Å². The Balaban J connectivity index is 1.66. The molecule has 1 aromatic carbocycles. The lowest BCUT2D eigenvalue weighted by atomic mass is 9.91. The molecule has 0 saturated heterocycles. The van der Waals surface area contributed by atoms with Gasteiger partial charge in [0.15, 0.2) is 5.90 Å². The number of fused-ring (bicyclic) bond motifs is 1. The Morgan fingerprint density at radius 2 is 2.00 bits per heavy atom. The van der Waals surface area contributed by atoms with E-state index in [1.807, 2.05) is 12.1 Å². The first-order chi connectivity index (χ1) is 8.70. The van der Waals surface area contributed by atoms with E-state index in [-0.39, 0.29) is 24.0 Å². The highest BCUT2D eigenvalue weighted by atomic mass is 16.5. The number of aliphatic hydroxyl groups is 1. The molecule has 18 heavy (non-hydrogen) atoms. The number of aliphatic imine (C=N–C) groups is 1. The molecule has 1 saturated carbocycles. The number of aliphatic hydroxyl groups excluding tert-OH is 1. The number of aromatic hydroxyl groups is 1. The van der Waals surface area contributed by atoms with Crippen LogP contribution >= 0.6 is 0 Å². The maximum atomic E-state index is 9.60. The molecule has 0 radical (unpaired) electrons. The Morgan fingerprint density at radius 3 is 2.78 bits per heavy atom. The summed E-state index contributed by atoms with van der Waals surface area (Å²) in [6.45, 7) is 0. The van der Waals surface area contributed by atoms with Crippen LogP contribution in [0.15, 0.2) is 29.3 Å². The normalized spacial score (nSPS) is 30.5. The van der Waals surface area contributed by atoms with Crippen LogP contribution in [0.25, 0.3) is 0 Å². The average molecular weight is 247 g/mol. The molecule has 0 aromatic heterocycles. The van der Waals surface area contributed by atoms with Crippen LogP contribution in [-0.2, 0) is 11.2 Å². The molecular weight excluding hydrogens is 230 g/mol. The van der Waals surface area contributed by atoms with E-state index in [0.717, 1.165) is 24.3 Å². The van der Waals surface area contributed by atoms with E-state index in [9.17, 15) is 10.2 Å². The van der Waals surface area contributed by atoms with Crippen molar-refractivity contribution in [1.82, 2.24) is 0 Å². The van der Waals surface area contributed by atoms with Gasteiger partial charge in [0.05, 0.1) is 12.1 Å². The van der Waals surface area contributed by atoms with E-state index in [4.69, 9.17) is 4.74 Å². The van der Waals surface area contributed by atoms with Crippen molar-refractivity contribution < 1.29 is 14.9 Å². The molecule has 1 heterocycles. The number of nitrogens with zero attached hydrogens (tertiary/aromatic N) is 1. The van der Waals surface area contributed by atoms with Crippen LogP contribution in [0, 0.1) is 0 Å². The fraction of sp³-hybridized carbons (Fsp3) is 0.500. The van der Waals surface area contributed by atoms with Gasteiger partial charge < -0.3 is 14.9 Å². The third-order valence-corrected chi connectivity index (χ3v) is 3.62. The highest BCUT2D eigenvalue weighted by molar-refractivity contribution is 5.80. The van der Waals surface area contributed by atoms with Crippen molar-refractivity contribution in [1.29, 1.82) is 0 Å². The van der Waals surface area contributed by atoms with Crippen molar-refractivity contribution in [2.75, 3.05) is 0 Å². The second kappa shape index (κ2) is 4.61. The third kappa shape index (κ3) is 2.34. The summed E-state index contributed by atoms with van der Waals surface area (Å²) in [6, 6.07) is 7.31. The van der Waals surface area contributed by atoms with E-state index in [1.165, 1.54) is 0 Å². The van der Waals surface area contributed by atoms with Gasteiger partial charge in [-0.2, -0.15) is 0 Å². The molecule has 1 aromatic rings. The largest absolute Gasteiger partial charge is 0.508 e. The molecule has 2 aliphatic rings. The molecular formula is C14H17NO3. The maximum Gasteiger partial charge on any atom is 0.188 e. The van der Waals surface area contributed by atoms with Crippen LogP contribution in [-0.4, -0.2) is 34.4 Å². The van der Waals surface area contributed by atoms with Crippen LogP contribution in [0.3, 0.4) is 0 Å². The predicted molar refractivity (Wildman–Crippen MR) is 67.8 cm³/mol. The molecule has 0 bridgehead atoms. The average Bonchev–Trinajstić information content (AvgIpc) is 2.73. The number of hydrogen-bond donors (Lipinski definition) is 2. The molecule has 0 amide bonds. The summed E-state index contributed by atoms with van der Waals surface area (Å²) < 4.78 is 5.80. The zero-order valence-electron chi connectivity index (χ0n) is 10.1. The minimum atomic E-state index is -0.241. The molecule has 1 aliphatic heterocycles. The summed E-state index contributed by atoms with van der Waals surface area (Å²) in [5.74, 6) is 1.02. The second-order valence-electron chi connectivity index (χ2n) is 5.06. The van der Waals surface area contributed by atoms with Gasteiger partial charge in [-0.1, -0.05) is 12.1 Å². The summed E-state index contributed by atoms with van der Waals surface area (Å²) in [4.78, 5) is 4.58. The fourth-order valence-electron chi connectivity index (χ4n) is 2.63. The Labute approximate surface area is 106 Å². The maximum absolute atomic E-state index is 9.60. The van der Waals surface area contributed by atoms with Crippen molar-refractivity contribution in [3.63, 3.8) is 0 Å². The topological polar surface area (TPSA) is 62.1 Å². The number of hydrogen-bond acceptors (Lipinski definition) is 4. The summed E-state index contributed by atoms with van der Waals surface area (Å²) in [6.07, 6.45) is 2.89. The monoisotopic (exact) mass is 247 g/mol. The van der Waals surface area contributed by atoms with Crippen LogP contribution in [0.1, 0.15) is 24.8 Å². The van der Waals surface area contributed by atoms with E-state index in [2.05, 4.69) is 4.99 Å². The van der Waals surface area contributed by atoms with Gasteiger partial charge in [-0.3, -0.25) is 0 Å². The first-order valence-corrected chi connectivity index (χ1v) is 6.40. The van der Waals surface area contributed by atoms with Crippen LogP contribution in [0.4, 0.5) is 0 Å². The number of phenols is 1. The summed E-state index contributed by atoms with van der Waals surface area (Å²) in [5, 5.41) is 18.8. The summed E-state index contributed by atoms with van der Waals surface area (Å²) in [7, 11) is 0. The molecule has 1 aliphatic carbocycles. The third-order valence-electron chi connectivity index (χ3n) is 3.62. The lowest BCUT2D eigenvalue weighted by Crippen LogP contribution is -2.33. The Bertz CT molecular complexity index is 455. The molecule has 4 nitrogen and oxygen atoms in total. The van der Waals surface area contributed by atoms with Gasteiger partial charge in [0, 0.05) is 12.8 Å². The molecule has 96 valence electrons. The molecule has 4 heteroatoms. The van der Waals surface area contributed by atoms with Crippen molar-refractivity contribution in [3.05, 3.63) is 29.8 Å². The zero-order valence-corrected chi connectivity index (χ0v) is 10.1. The van der Waals surface area contributed by atoms with E-state index >= 15 is 0 Å². The van der Waals surface area contributed by atoms with Gasteiger partial charge in [0.1, 0.15) is 11.9 Å². The highest BCUT2D eigenvalue weighted by Gasteiger charge is 2.36. The Morgan fingerprint density at radius 1 is 1.22 bits per heavy atom. The standard InChI is InChI=1S/C14H17NO3/c16-10-3-1-9(2-4-10)7-14-15-12-6-5-11(17)8-13(12)18-14/h1-4,11-13,16-17H,5-8H2. The van der Waals surface area contributed by atoms with E-state index in [1.54, 1.807) is 12.1 Å². The van der Waals surface area contributed by atoms with E-state index in [0.29, 0.717) is 12.8 Å².